The van der Waals surface area contributed by atoms with Gasteiger partial charge in [-0.25, -0.2) is 4.79 Å². The van der Waals surface area contributed by atoms with E-state index in [0.717, 1.165) is 16.7 Å². The van der Waals surface area contributed by atoms with Crippen LogP contribution in [-0.2, 0) is 17.8 Å². The lowest BCUT2D eigenvalue weighted by Crippen LogP contribution is -2.30. The summed E-state index contributed by atoms with van der Waals surface area (Å²) in [5.41, 5.74) is 2.85. The number of aromatic hydroxyl groups is 1. The Morgan fingerprint density at radius 3 is 2.23 bits per heavy atom. The largest absolute Gasteiger partial charge is 0.508 e. The average Bonchev–Trinajstić information content (AvgIpc) is 2.67. The van der Waals surface area contributed by atoms with Crippen LogP contribution in [0.4, 0.5) is 4.79 Å². The van der Waals surface area contributed by atoms with Gasteiger partial charge >= 0.3 is 6.09 Å². The maximum Gasteiger partial charge on any atom is 0.407 e. The van der Waals surface area contributed by atoms with E-state index in [2.05, 4.69) is 5.32 Å². The van der Waals surface area contributed by atoms with Crippen molar-refractivity contribution in [3.05, 3.63) is 102 Å². The second kappa shape index (κ2) is 8.72. The molecule has 4 heteroatoms. The molecule has 0 aliphatic rings. The minimum atomic E-state index is -0.470. The van der Waals surface area contributed by atoms with Gasteiger partial charge in [-0.3, -0.25) is 0 Å². The van der Waals surface area contributed by atoms with E-state index in [1.165, 1.54) is 0 Å². The fraction of sp³-hybridized carbons (Fsp3) is 0.136. The molecule has 3 rings (SSSR count). The molecule has 1 unspecified atom stereocenters. The lowest BCUT2D eigenvalue weighted by molar-refractivity contribution is 0.135. The molecule has 0 fully saturated rings. The van der Waals surface area contributed by atoms with Crippen molar-refractivity contribution in [1.29, 1.82) is 0 Å². The van der Waals surface area contributed by atoms with Gasteiger partial charge < -0.3 is 15.2 Å². The molecule has 132 valence electrons. The molecule has 4 nitrogen and oxygen atoms in total. The van der Waals surface area contributed by atoms with E-state index in [1.807, 2.05) is 66.7 Å². The average molecular weight is 347 g/mol. The van der Waals surface area contributed by atoms with Crippen molar-refractivity contribution in [2.24, 2.45) is 0 Å². The van der Waals surface area contributed by atoms with Crippen LogP contribution >= 0.6 is 0 Å². The summed E-state index contributed by atoms with van der Waals surface area (Å²) in [6, 6.07) is 26.1. The number of rotatable bonds is 6. The van der Waals surface area contributed by atoms with Gasteiger partial charge in [0.1, 0.15) is 12.4 Å². The lowest BCUT2D eigenvalue weighted by atomic mass is 9.99. The van der Waals surface area contributed by atoms with Crippen LogP contribution in [0.3, 0.4) is 0 Å². The first kappa shape index (κ1) is 17.5. The van der Waals surface area contributed by atoms with Gasteiger partial charge in [0.05, 0.1) is 6.04 Å². The Morgan fingerprint density at radius 1 is 0.885 bits per heavy atom. The van der Waals surface area contributed by atoms with Crippen molar-refractivity contribution >= 4 is 6.09 Å². The first-order valence-corrected chi connectivity index (χ1v) is 8.51. The van der Waals surface area contributed by atoms with Gasteiger partial charge in [-0.2, -0.15) is 0 Å². The molecule has 26 heavy (non-hydrogen) atoms. The van der Waals surface area contributed by atoms with Crippen LogP contribution in [0.2, 0.25) is 0 Å². The Bertz CT molecular complexity index is 834. The van der Waals surface area contributed by atoms with Crippen LogP contribution in [0.5, 0.6) is 5.75 Å². The Hall–Kier alpha value is -3.27. The molecule has 0 radical (unpaired) electrons. The third-order valence-electron chi connectivity index (χ3n) is 4.06. The fourth-order valence-corrected chi connectivity index (χ4v) is 2.76. The summed E-state index contributed by atoms with van der Waals surface area (Å²) in [5.74, 6) is 0.209. The predicted molar refractivity (Wildman–Crippen MR) is 101 cm³/mol. The summed E-state index contributed by atoms with van der Waals surface area (Å²) in [7, 11) is 0. The highest BCUT2D eigenvalue weighted by molar-refractivity contribution is 5.68. The number of phenolic OH excluding ortho intramolecular Hbond substituents is 1. The zero-order chi connectivity index (χ0) is 18.2. The SMILES string of the molecule is O=C(NC(Cc1cccc(O)c1)c1ccccc1)OCc1ccccc1. The number of alkyl carbamates (subject to hydrolysis) is 1. The molecule has 3 aromatic carbocycles. The van der Waals surface area contributed by atoms with Gasteiger partial charge in [-0.1, -0.05) is 72.8 Å². The first-order valence-electron chi connectivity index (χ1n) is 8.51. The molecular formula is C22H21NO3. The van der Waals surface area contributed by atoms with Gasteiger partial charge in [0.25, 0.3) is 0 Å². The van der Waals surface area contributed by atoms with Crippen LogP contribution in [0.25, 0.3) is 0 Å². The molecule has 0 aromatic heterocycles. The number of carbonyl (C=O) groups excluding carboxylic acids is 1. The molecule has 0 bridgehead atoms. The van der Waals surface area contributed by atoms with Crippen molar-refractivity contribution in [3.63, 3.8) is 0 Å². The fourth-order valence-electron chi connectivity index (χ4n) is 2.76. The number of nitrogens with one attached hydrogen (secondary N) is 1. The quantitative estimate of drug-likeness (QED) is 0.685. The number of phenols is 1. The number of benzene rings is 3. The minimum Gasteiger partial charge on any atom is -0.508 e. The molecule has 1 amide bonds. The van der Waals surface area contributed by atoms with E-state index in [-0.39, 0.29) is 18.4 Å². The lowest BCUT2D eigenvalue weighted by Gasteiger charge is -2.19. The highest BCUT2D eigenvalue weighted by Crippen LogP contribution is 2.21. The van der Waals surface area contributed by atoms with Gasteiger partial charge in [0.15, 0.2) is 0 Å². The molecule has 0 heterocycles. The Labute approximate surface area is 153 Å². The van der Waals surface area contributed by atoms with Crippen LogP contribution < -0.4 is 5.32 Å². The number of hydrogen-bond acceptors (Lipinski definition) is 3. The Balaban J connectivity index is 1.68. The number of hydrogen-bond donors (Lipinski definition) is 2. The summed E-state index contributed by atoms with van der Waals surface area (Å²) in [4.78, 5) is 12.3. The monoisotopic (exact) mass is 347 g/mol. The zero-order valence-corrected chi connectivity index (χ0v) is 14.3. The molecule has 2 N–H and O–H groups in total. The van der Waals surface area contributed by atoms with Crippen molar-refractivity contribution in [3.8, 4) is 5.75 Å². The second-order valence-electron chi connectivity index (χ2n) is 6.04. The summed E-state index contributed by atoms with van der Waals surface area (Å²) >= 11 is 0. The number of carbonyl (C=O) groups is 1. The predicted octanol–water partition coefficient (Wildman–Crippen LogP) is 4.60. The van der Waals surface area contributed by atoms with Gasteiger partial charge in [-0.15, -0.1) is 0 Å². The van der Waals surface area contributed by atoms with E-state index in [4.69, 9.17) is 4.74 Å². The van der Waals surface area contributed by atoms with E-state index in [1.54, 1.807) is 18.2 Å². The van der Waals surface area contributed by atoms with Gasteiger partial charge in [-0.05, 0) is 35.2 Å². The Morgan fingerprint density at radius 2 is 1.54 bits per heavy atom. The maximum absolute atomic E-state index is 12.3. The molecule has 3 aromatic rings. The van der Waals surface area contributed by atoms with Crippen LogP contribution in [-0.4, -0.2) is 11.2 Å². The standard InChI is InChI=1S/C22H21NO3/c24-20-13-7-10-18(14-20)15-21(19-11-5-2-6-12-19)23-22(25)26-16-17-8-3-1-4-9-17/h1-14,21,24H,15-16H2,(H,23,25). The number of ether oxygens (including phenoxy) is 1. The molecule has 0 saturated heterocycles. The third-order valence-corrected chi connectivity index (χ3v) is 4.06. The molecule has 0 aliphatic carbocycles. The van der Waals surface area contributed by atoms with Crippen molar-refractivity contribution < 1.29 is 14.6 Å². The van der Waals surface area contributed by atoms with E-state index in [9.17, 15) is 9.90 Å². The van der Waals surface area contributed by atoms with Gasteiger partial charge in [0.2, 0.25) is 0 Å². The smallest absolute Gasteiger partial charge is 0.407 e. The van der Waals surface area contributed by atoms with Crippen molar-refractivity contribution in [2.75, 3.05) is 0 Å². The highest BCUT2D eigenvalue weighted by atomic mass is 16.5. The topological polar surface area (TPSA) is 58.6 Å². The second-order valence-corrected chi connectivity index (χ2v) is 6.04. The summed E-state index contributed by atoms with van der Waals surface area (Å²) in [6.07, 6.45) is 0.0848. The van der Waals surface area contributed by atoms with Crippen molar-refractivity contribution in [2.45, 2.75) is 19.1 Å². The zero-order valence-electron chi connectivity index (χ0n) is 14.3. The van der Waals surface area contributed by atoms with Crippen molar-refractivity contribution in [1.82, 2.24) is 5.32 Å². The van der Waals surface area contributed by atoms with E-state index >= 15 is 0 Å². The van der Waals surface area contributed by atoms with Gasteiger partial charge in [0, 0.05) is 0 Å². The first-order chi connectivity index (χ1) is 12.7. The summed E-state index contributed by atoms with van der Waals surface area (Å²) in [6.45, 7) is 0.223. The molecule has 1 atom stereocenters. The molecule has 0 aliphatic heterocycles. The maximum atomic E-state index is 12.3. The summed E-state index contributed by atoms with van der Waals surface area (Å²) in [5, 5.41) is 12.6. The number of amides is 1. The highest BCUT2D eigenvalue weighted by Gasteiger charge is 2.16. The molecular weight excluding hydrogens is 326 g/mol. The van der Waals surface area contributed by atoms with Crippen LogP contribution in [0.1, 0.15) is 22.7 Å². The Kier molecular flexibility index (Phi) is 5.88. The molecule has 0 spiro atoms. The van der Waals surface area contributed by atoms with Crippen LogP contribution in [0.15, 0.2) is 84.9 Å². The summed E-state index contributed by atoms with van der Waals surface area (Å²) < 4.78 is 5.34. The van der Waals surface area contributed by atoms with E-state index < -0.39 is 6.09 Å². The third kappa shape index (κ3) is 5.11. The van der Waals surface area contributed by atoms with Crippen LogP contribution in [0, 0.1) is 0 Å². The molecule has 0 saturated carbocycles. The normalized spacial score (nSPS) is 11.5. The van der Waals surface area contributed by atoms with E-state index in [0.29, 0.717) is 6.42 Å². The minimum absolute atomic E-state index is 0.209.